The summed E-state index contributed by atoms with van der Waals surface area (Å²) in [6.45, 7) is 2.53. The molecule has 0 bridgehead atoms. The average Bonchev–Trinajstić information content (AvgIpc) is 3.22. The Bertz CT molecular complexity index is 983. The normalized spacial score (nSPS) is 19.0. The van der Waals surface area contributed by atoms with Crippen molar-refractivity contribution >= 4 is 55.9 Å². The summed E-state index contributed by atoms with van der Waals surface area (Å²) >= 11 is 12.9. The molecule has 0 aliphatic carbocycles. The maximum absolute atomic E-state index is 12.3. The summed E-state index contributed by atoms with van der Waals surface area (Å²) < 4.78 is 24.3. The molecule has 0 radical (unpaired) electrons. The SMILES string of the molecule is CCN1N=C/C(=C(/Cl)c2ccc(S(C)(=O)=O)c(C3=NOCC3)c2Cl)C1=O. The highest BCUT2D eigenvalue weighted by atomic mass is 35.5. The first-order valence-electron chi connectivity index (χ1n) is 7.73. The lowest BCUT2D eigenvalue weighted by atomic mass is 10.0. The Morgan fingerprint density at radius 1 is 1.38 bits per heavy atom. The fraction of sp³-hybridized carbons (Fsp3) is 0.312. The van der Waals surface area contributed by atoms with Gasteiger partial charge in [0.25, 0.3) is 5.91 Å². The van der Waals surface area contributed by atoms with Crippen LogP contribution < -0.4 is 0 Å². The van der Waals surface area contributed by atoms with Gasteiger partial charge in [-0.25, -0.2) is 13.4 Å². The minimum atomic E-state index is -3.56. The van der Waals surface area contributed by atoms with Crippen molar-refractivity contribution < 1.29 is 18.0 Å². The Morgan fingerprint density at radius 2 is 2.12 bits per heavy atom. The Hall–Kier alpha value is -1.90. The lowest BCUT2D eigenvalue weighted by molar-refractivity contribution is -0.125. The van der Waals surface area contributed by atoms with Crippen molar-refractivity contribution in [2.45, 2.75) is 18.2 Å². The summed E-state index contributed by atoms with van der Waals surface area (Å²) in [4.78, 5) is 17.3. The van der Waals surface area contributed by atoms with Crippen LogP contribution in [-0.2, 0) is 19.5 Å². The molecule has 0 unspecified atom stereocenters. The molecular weight excluding hydrogens is 401 g/mol. The monoisotopic (exact) mass is 415 g/mol. The first kappa shape index (κ1) is 18.9. The van der Waals surface area contributed by atoms with Crippen LogP contribution in [0.2, 0.25) is 5.02 Å². The predicted octanol–water partition coefficient (Wildman–Crippen LogP) is 2.67. The third-order valence-electron chi connectivity index (χ3n) is 3.96. The number of hydrogen-bond donors (Lipinski definition) is 0. The quantitative estimate of drug-likeness (QED) is 0.706. The van der Waals surface area contributed by atoms with Gasteiger partial charge in [0.05, 0.1) is 32.4 Å². The van der Waals surface area contributed by atoms with Crippen molar-refractivity contribution in [1.29, 1.82) is 0 Å². The molecule has 1 aromatic rings. The van der Waals surface area contributed by atoms with Crippen LogP contribution >= 0.6 is 23.2 Å². The molecule has 1 amide bonds. The number of carbonyl (C=O) groups excluding carboxylic acids is 1. The first-order chi connectivity index (χ1) is 12.3. The number of halogens is 2. The second-order valence-corrected chi connectivity index (χ2v) is 8.43. The van der Waals surface area contributed by atoms with E-state index in [4.69, 9.17) is 28.0 Å². The van der Waals surface area contributed by atoms with Gasteiger partial charge < -0.3 is 4.84 Å². The summed E-state index contributed by atoms with van der Waals surface area (Å²) in [5.41, 5.74) is 1.20. The molecule has 138 valence electrons. The zero-order valence-corrected chi connectivity index (χ0v) is 16.3. The highest BCUT2D eigenvalue weighted by Crippen LogP contribution is 2.37. The minimum Gasteiger partial charge on any atom is -0.395 e. The van der Waals surface area contributed by atoms with Gasteiger partial charge in [-0.2, -0.15) is 5.10 Å². The number of sulfone groups is 1. The second-order valence-electron chi connectivity index (χ2n) is 5.69. The van der Waals surface area contributed by atoms with Gasteiger partial charge in [0.1, 0.15) is 6.61 Å². The average molecular weight is 416 g/mol. The maximum atomic E-state index is 12.3. The fourth-order valence-corrected chi connectivity index (χ4v) is 4.35. The summed E-state index contributed by atoms with van der Waals surface area (Å²) in [6.07, 6.45) is 2.87. The Labute approximate surface area is 160 Å². The molecule has 0 aromatic heterocycles. The molecule has 7 nitrogen and oxygen atoms in total. The third-order valence-corrected chi connectivity index (χ3v) is 5.90. The van der Waals surface area contributed by atoms with E-state index in [2.05, 4.69) is 10.3 Å². The number of rotatable bonds is 4. The van der Waals surface area contributed by atoms with E-state index in [9.17, 15) is 13.2 Å². The Kier molecular flexibility index (Phi) is 5.09. The molecule has 0 fully saturated rings. The van der Waals surface area contributed by atoms with Crippen molar-refractivity contribution in [2.24, 2.45) is 10.3 Å². The van der Waals surface area contributed by atoms with E-state index in [-0.39, 0.29) is 32.0 Å². The fourth-order valence-electron chi connectivity index (χ4n) is 2.68. The zero-order valence-electron chi connectivity index (χ0n) is 14.0. The summed E-state index contributed by atoms with van der Waals surface area (Å²) in [7, 11) is -3.56. The zero-order chi connectivity index (χ0) is 19.1. The minimum absolute atomic E-state index is 0.0339. The van der Waals surface area contributed by atoms with E-state index in [1.165, 1.54) is 23.4 Å². The predicted molar refractivity (Wildman–Crippen MR) is 100 cm³/mol. The van der Waals surface area contributed by atoms with Crippen LogP contribution in [0.15, 0.2) is 32.9 Å². The number of nitrogens with zero attached hydrogens (tertiary/aromatic N) is 3. The second kappa shape index (κ2) is 7.02. The molecule has 10 heteroatoms. The first-order valence-corrected chi connectivity index (χ1v) is 10.4. The molecular formula is C16H15Cl2N3O4S. The van der Waals surface area contributed by atoms with Gasteiger partial charge in [0.15, 0.2) is 9.84 Å². The van der Waals surface area contributed by atoms with Crippen LogP contribution in [0, 0.1) is 0 Å². The van der Waals surface area contributed by atoms with Crippen LogP contribution in [0.1, 0.15) is 24.5 Å². The Balaban J connectivity index is 2.21. The van der Waals surface area contributed by atoms with Crippen LogP contribution in [0.25, 0.3) is 5.03 Å². The molecule has 26 heavy (non-hydrogen) atoms. The van der Waals surface area contributed by atoms with Crippen LogP contribution in [0.4, 0.5) is 0 Å². The molecule has 0 N–H and O–H groups in total. The topological polar surface area (TPSA) is 88.4 Å². The van der Waals surface area contributed by atoms with E-state index >= 15 is 0 Å². The van der Waals surface area contributed by atoms with Gasteiger partial charge in [-0.15, -0.1) is 0 Å². The number of amides is 1. The maximum Gasteiger partial charge on any atom is 0.277 e. The number of likely N-dealkylation sites (N-methyl/N-ethyl adjacent to an activating group) is 1. The van der Waals surface area contributed by atoms with E-state index in [0.29, 0.717) is 30.8 Å². The van der Waals surface area contributed by atoms with Crippen molar-refractivity contribution in [1.82, 2.24) is 5.01 Å². The molecule has 1 aromatic carbocycles. The molecule has 2 heterocycles. The highest BCUT2D eigenvalue weighted by molar-refractivity contribution is 7.90. The number of oxime groups is 1. The lowest BCUT2D eigenvalue weighted by Crippen LogP contribution is -2.21. The van der Waals surface area contributed by atoms with Gasteiger partial charge in [0, 0.05) is 30.3 Å². The standard InChI is InChI=1S/C16H15Cl2N3O4S/c1-3-21-16(22)10(8-19-21)14(17)9-4-5-12(26(2,23)24)13(15(9)18)11-6-7-25-20-11/h4-5,8H,3,6-7H2,1-2H3/b14-10-. The molecule has 2 aliphatic rings. The van der Waals surface area contributed by atoms with Crippen molar-refractivity contribution in [2.75, 3.05) is 19.4 Å². The number of hydrazone groups is 1. The van der Waals surface area contributed by atoms with Gasteiger partial charge in [-0.1, -0.05) is 34.4 Å². The smallest absolute Gasteiger partial charge is 0.277 e. The number of hydrogen-bond acceptors (Lipinski definition) is 6. The van der Waals surface area contributed by atoms with Gasteiger partial charge in [-0.05, 0) is 13.0 Å². The molecule has 2 aliphatic heterocycles. The molecule has 0 spiro atoms. The van der Waals surface area contributed by atoms with Gasteiger partial charge in [0.2, 0.25) is 0 Å². The number of benzene rings is 1. The molecule has 0 atom stereocenters. The summed E-state index contributed by atoms with van der Waals surface area (Å²) in [6, 6.07) is 2.88. The number of carbonyl (C=O) groups is 1. The largest absolute Gasteiger partial charge is 0.395 e. The molecule has 3 rings (SSSR count). The van der Waals surface area contributed by atoms with Crippen molar-refractivity contribution in [3.05, 3.63) is 33.9 Å². The van der Waals surface area contributed by atoms with Crippen molar-refractivity contribution in [3.8, 4) is 0 Å². The van der Waals surface area contributed by atoms with Crippen LogP contribution in [0.3, 0.4) is 0 Å². The molecule has 0 saturated carbocycles. The summed E-state index contributed by atoms with van der Waals surface area (Å²) in [5.74, 6) is -0.344. The summed E-state index contributed by atoms with van der Waals surface area (Å²) in [5, 5.41) is 9.34. The van der Waals surface area contributed by atoms with E-state index in [1.54, 1.807) is 6.92 Å². The van der Waals surface area contributed by atoms with Crippen LogP contribution in [-0.4, -0.2) is 50.7 Å². The van der Waals surface area contributed by atoms with Gasteiger partial charge >= 0.3 is 0 Å². The van der Waals surface area contributed by atoms with Crippen LogP contribution in [0.5, 0.6) is 0 Å². The molecule has 0 saturated heterocycles. The van der Waals surface area contributed by atoms with Gasteiger partial charge in [-0.3, -0.25) is 4.79 Å². The van der Waals surface area contributed by atoms with E-state index in [0.717, 1.165) is 6.26 Å². The third kappa shape index (κ3) is 3.24. The van der Waals surface area contributed by atoms with Crippen molar-refractivity contribution in [3.63, 3.8) is 0 Å². The van der Waals surface area contributed by atoms with E-state index in [1.807, 2.05) is 0 Å². The highest BCUT2D eigenvalue weighted by Gasteiger charge is 2.29. The Morgan fingerprint density at radius 3 is 2.65 bits per heavy atom. The lowest BCUT2D eigenvalue weighted by Gasteiger charge is -2.14. The van der Waals surface area contributed by atoms with E-state index < -0.39 is 9.84 Å².